The standard InChI is InChI=1S/C20H20N2O/c1-21-18-10-6-5-9-16(18)13-19(21)17-11-12-22(14-17)20(23)15-7-3-2-4-8-15/h2-10,13,17H,11-12,14H2,1H3. The number of para-hydroxylation sites is 1. The summed E-state index contributed by atoms with van der Waals surface area (Å²) < 4.78 is 2.27. The molecule has 2 aromatic carbocycles. The number of carbonyl (C=O) groups excluding carboxylic acids is 1. The van der Waals surface area contributed by atoms with Gasteiger partial charge in [0.2, 0.25) is 0 Å². The molecule has 1 fully saturated rings. The molecule has 0 N–H and O–H groups in total. The third-order valence-corrected chi connectivity index (χ3v) is 4.90. The highest BCUT2D eigenvalue weighted by molar-refractivity contribution is 5.94. The molecule has 23 heavy (non-hydrogen) atoms. The van der Waals surface area contributed by atoms with Gasteiger partial charge in [0.25, 0.3) is 5.91 Å². The number of rotatable bonds is 2. The molecule has 0 spiro atoms. The Hall–Kier alpha value is -2.55. The van der Waals surface area contributed by atoms with Gasteiger partial charge in [-0.25, -0.2) is 0 Å². The molecule has 1 unspecified atom stereocenters. The Labute approximate surface area is 136 Å². The van der Waals surface area contributed by atoms with Crippen LogP contribution in [-0.2, 0) is 7.05 Å². The van der Waals surface area contributed by atoms with Crippen LogP contribution >= 0.6 is 0 Å². The molecule has 0 aliphatic carbocycles. The Morgan fingerprint density at radius 3 is 2.57 bits per heavy atom. The molecule has 1 aromatic heterocycles. The van der Waals surface area contributed by atoms with Gasteiger partial charge < -0.3 is 9.47 Å². The predicted molar refractivity (Wildman–Crippen MR) is 92.6 cm³/mol. The zero-order valence-electron chi connectivity index (χ0n) is 13.3. The van der Waals surface area contributed by atoms with Gasteiger partial charge in [-0.05, 0) is 36.1 Å². The molecular formula is C20H20N2O. The highest BCUT2D eigenvalue weighted by atomic mass is 16.2. The number of likely N-dealkylation sites (tertiary alicyclic amines) is 1. The molecular weight excluding hydrogens is 284 g/mol. The van der Waals surface area contributed by atoms with Crippen LogP contribution in [0.15, 0.2) is 60.7 Å². The van der Waals surface area contributed by atoms with Gasteiger partial charge in [0.15, 0.2) is 0 Å². The van der Waals surface area contributed by atoms with Gasteiger partial charge in [0, 0.05) is 42.8 Å². The smallest absolute Gasteiger partial charge is 0.253 e. The average molecular weight is 304 g/mol. The lowest BCUT2D eigenvalue weighted by atomic mass is 10.0. The number of aromatic nitrogens is 1. The van der Waals surface area contributed by atoms with Crippen LogP contribution < -0.4 is 0 Å². The number of hydrogen-bond acceptors (Lipinski definition) is 1. The molecule has 1 saturated heterocycles. The van der Waals surface area contributed by atoms with E-state index in [0.29, 0.717) is 5.92 Å². The van der Waals surface area contributed by atoms with Crippen LogP contribution in [0.25, 0.3) is 10.9 Å². The molecule has 3 aromatic rings. The molecule has 0 saturated carbocycles. The third-order valence-electron chi connectivity index (χ3n) is 4.90. The molecule has 1 aliphatic rings. The van der Waals surface area contributed by atoms with E-state index in [0.717, 1.165) is 25.1 Å². The maximum Gasteiger partial charge on any atom is 0.253 e. The monoisotopic (exact) mass is 304 g/mol. The quantitative estimate of drug-likeness (QED) is 0.707. The summed E-state index contributed by atoms with van der Waals surface area (Å²) in [7, 11) is 2.12. The van der Waals surface area contributed by atoms with Gasteiger partial charge in [-0.15, -0.1) is 0 Å². The SMILES string of the molecule is Cn1c(C2CCN(C(=O)c3ccccc3)C2)cc2ccccc21. The van der Waals surface area contributed by atoms with Crippen molar-refractivity contribution in [3.8, 4) is 0 Å². The van der Waals surface area contributed by atoms with E-state index in [1.807, 2.05) is 35.2 Å². The molecule has 1 aliphatic heterocycles. The molecule has 3 heteroatoms. The minimum Gasteiger partial charge on any atom is -0.347 e. The Morgan fingerprint density at radius 1 is 1.04 bits per heavy atom. The first-order valence-corrected chi connectivity index (χ1v) is 8.13. The van der Waals surface area contributed by atoms with E-state index in [4.69, 9.17) is 0 Å². The first kappa shape index (κ1) is 14.1. The molecule has 4 rings (SSSR count). The van der Waals surface area contributed by atoms with Crippen molar-refractivity contribution in [3.05, 3.63) is 71.9 Å². The van der Waals surface area contributed by atoms with Crippen molar-refractivity contribution in [1.82, 2.24) is 9.47 Å². The lowest BCUT2D eigenvalue weighted by Gasteiger charge is -2.17. The van der Waals surface area contributed by atoms with Gasteiger partial charge in [-0.1, -0.05) is 36.4 Å². The number of benzene rings is 2. The lowest BCUT2D eigenvalue weighted by Crippen LogP contribution is -2.28. The average Bonchev–Trinajstić information content (AvgIpc) is 3.20. The van der Waals surface area contributed by atoms with Crippen LogP contribution in [0.3, 0.4) is 0 Å². The van der Waals surface area contributed by atoms with E-state index in [1.165, 1.54) is 16.6 Å². The van der Waals surface area contributed by atoms with Gasteiger partial charge in [-0.3, -0.25) is 4.79 Å². The predicted octanol–water partition coefficient (Wildman–Crippen LogP) is 3.81. The highest BCUT2D eigenvalue weighted by Gasteiger charge is 2.29. The minimum atomic E-state index is 0.145. The molecule has 0 radical (unpaired) electrons. The van der Waals surface area contributed by atoms with Crippen LogP contribution in [-0.4, -0.2) is 28.5 Å². The van der Waals surface area contributed by atoms with Gasteiger partial charge >= 0.3 is 0 Å². The fourth-order valence-corrected chi connectivity index (χ4v) is 3.65. The summed E-state index contributed by atoms with van der Waals surface area (Å²) >= 11 is 0. The first-order valence-electron chi connectivity index (χ1n) is 8.13. The Morgan fingerprint density at radius 2 is 1.78 bits per heavy atom. The molecule has 116 valence electrons. The Bertz CT molecular complexity index is 850. The molecule has 2 heterocycles. The summed E-state index contributed by atoms with van der Waals surface area (Å²) in [5, 5.41) is 1.28. The van der Waals surface area contributed by atoms with E-state index in [1.54, 1.807) is 0 Å². The Balaban J connectivity index is 1.58. The molecule has 1 amide bonds. The third kappa shape index (κ3) is 2.42. The fraction of sp³-hybridized carbons (Fsp3) is 0.250. The zero-order valence-corrected chi connectivity index (χ0v) is 13.3. The van der Waals surface area contributed by atoms with E-state index in [9.17, 15) is 4.79 Å². The molecule has 3 nitrogen and oxygen atoms in total. The van der Waals surface area contributed by atoms with E-state index in [-0.39, 0.29) is 5.91 Å². The zero-order chi connectivity index (χ0) is 15.8. The maximum absolute atomic E-state index is 12.6. The van der Waals surface area contributed by atoms with Crippen molar-refractivity contribution in [2.45, 2.75) is 12.3 Å². The van der Waals surface area contributed by atoms with Crippen molar-refractivity contribution >= 4 is 16.8 Å². The Kier molecular flexibility index (Phi) is 3.41. The van der Waals surface area contributed by atoms with Gasteiger partial charge in [0.05, 0.1) is 0 Å². The maximum atomic E-state index is 12.6. The van der Waals surface area contributed by atoms with Crippen LogP contribution in [0.5, 0.6) is 0 Å². The highest BCUT2D eigenvalue weighted by Crippen LogP contribution is 2.31. The number of carbonyl (C=O) groups is 1. The summed E-state index contributed by atoms with van der Waals surface area (Å²) in [6.07, 6.45) is 1.03. The van der Waals surface area contributed by atoms with E-state index >= 15 is 0 Å². The van der Waals surface area contributed by atoms with Gasteiger partial charge in [0.1, 0.15) is 0 Å². The second kappa shape index (κ2) is 5.58. The van der Waals surface area contributed by atoms with E-state index in [2.05, 4.69) is 41.9 Å². The van der Waals surface area contributed by atoms with Crippen LogP contribution in [0, 0.1) is 0 Å². The van der Waals surface area contributed by atoms with Crippen LogP contribution in [0.2, 0.25) is 0 Å². The normalized spacial score (nSPS) is 17.8. The number of amides is 1. The van der Waals surface area contributed by atoms with Crippen molar-refractivity contribution in [1.29, 1.82) is 0 Å². The van der Waals surface area contributed by atoms with Gasteiger partial charge in [-0.2, -0.15) is 0 Å². The summed E-state index contributed by atoms with van der Waals surface area (Å²) in [4.78, 5) is 14.6. The molecule has 1 atom stereocenters. The van der Waals surface area contributed by atoms with Crippen molar-refractivity contribution in [3.63, 3.8) is 0 Å². The minimum absolute atomic E-state index is 0.145. The summed E-state index contributed by atoms with van der Waals surface area (Å²) in [5.74, 6) is 0.562. The first-order chi connectivity index (χ1) is 11.2. The number of fused-ring (bicyclic) bond motifs is 1. The second-order valence-electron chi connectivity index (χ2n) is 6.29. The lowest BCUT2D eigenvalue weighted by molar-refractivity contribution is 0.0790. The summed E-state index contributed by atoms with van der Waals surface area (Å²) in [6, 6.07) is 20.3. The second-order valence-corrected chi connectivity index (χ2v) is 6.29. The van der Waals surface area contributed by atoms with Crippen molar-refractivity contribution in [2.24, 2.45) is 7.05 Å². The fourth-order valence-electron chi connectivity index (χ4n) is 3.65. The molecule has 0 bridgehead atoms. The summed E-state index contributed by atoms with van der Waals surface area (Å²) in [6.45, 7) is 1.64. The van der Waals surface area contributed by atoms with Crippen LogP contribution in [0.1, 0.15) is 28.4 Å². The van der Waals surface area contributed by atoms with Crippen molar-refractivity contribution in [2.75, 3.05) is 13.1 Å². The largest absolute Gasteiger partial charge is 0.347 e. The van der Waals surface area contributed by atoms with Crippen molar-refractivity contribution < 1.29 is 4.79 Å². The topological polar surface area (TPSA) is 25.2 Å². The number of hydrogen-bond donors (Lipinski definition) is 0. The van der Waals surface area contributed by atoms with Crippen LogP contribution in [0.4, 0.5) is 0 Å². The number of nitrogens with zero attached hydrogens (tertiary/aromatic N) is 2. The number of aryl methyl sites for hydroxylation is 1. The van der Waals surface area contributed by atoms with E-state index < -0.39 is 0 Å². The summed E-state index contributed by atoms with van der Waals surface area (Å²) in [5.41, 5.74) is 3.37.